The van der Waals surface area contributed by atoms with Crippen LogP contribution in [0.15, 0.2) is 45.6 Å². The van der Waals surface area contributed by atoms with Gasteiger partial charge in [0.15, 0.2) is 11.3 Å². The first-order valence-electron chi connectivity index (χ1n) is 6.94. The summed E-state index contributed by atoms with van der Waals surface area (Å²) in [6.45, 7) is 2.65. The van der Waals surface area contributed by atoms with Crippen LogP contribution >= 0.6 is 0 Å². The molecule has 1 aromatic heterocycles. The lowest BCUT2D eigenvalue weighted by Crippen LogP contribution is -2.36. The van der Waals surface area contributed by atoms with E-state index >= 15 is 0 Å². The zero-order valence-corrected chi connectivity index (χ0v) is 11.6. The highest BCUT2D eigenvalue weighted by Crippen LogP contribution is 2.24. The minimum Gasteiger partial charge on any atom is -0.440 e. The number of hydrogen-bond acceptors (Lipinski definition) is 5. The number of anilines is 1. The second-order valence-corrected chi connectivity index (χ2v) is 4.95. The molecule has 0 unspecified atom stereocenters. The van der Waals surface area contributed by atoms with Crippen LogP contribution in [0.4, 0.5) is 5.88 Å². The molecule has 1 aromatic carbocycles. The Morgan fingerprint density at radius 3 is 2.71 bits per heavy atom. The van der Waals surface area contributed by atoms with E-state index in [9.17, 15) is 9.90 Å². The van der Waals surface area contributed by atoms with Gasteiger partial charge in [0.25, 0.3) is 0 Å². The highest BCUT2D eigenvalue weighted by Gasteiger charge is 2.15. The van der Waals surface area contributed by atoms with E-state index in [0.717, 1.165) is 11.1 Å². The first-order chi connectivity index (χ1) is 10.3. The van der Waals surface area contributed by atoms with E-state index in [1.807, 2.05) is 29.2 Å². The first-order valence-corrected chi connectivity index (χ1v) is 6.94. The van der Waals surface area contributed by atoms with Gasteiger partial charge in [0.1, 0.15) is 5.76 Å². The molecular weight excluding hydrogens is 270 g/mol. The molecule has 2 heterocycles. The van der Waals surface area contributed by atoms with Gasteiger partial charge in [-0.3, -0.25) is 4.79 Å². The Kier molecular flexibility index (Phi) is 4.03. The van der Waals surface area contributed by atoms with Crippen molar-refractivity contribution in [2.45, 2.75) is 6.61 Å². The van der Waals surface area contributed by atoms with Crippen molar-refractivity contribution in [3.8, 4) is 11.3 Å². The van der Waals surface area contributed by atoms with Crippen LogP contribution in [0.1, 0.15) is 5.56 Å². The Morgan fingerprint density at radius 1 is 1.14 bits per heavy atom. The molecular formula is C16H17NO4. The highest BCUT2D eigenvalue weighted by atomic mass is 16.5. The van der Waals surface area contributed by atoms with E-state index in [0.29, 0.717) is 37.9 Å². The normalized spacial score (nSPS) is 15.2. The van der Waals surface area contributed by atoms with Gasteiger partial charge in [-0.25, -0.2) is 0 Å². The predicted octanol–water partition coefficient (Wildman–Crippen LogP) is 1.64. The van der Waals surface area contributed by atoms with Crippen LogP contribution in [0.2, 0.25) is 0 Å². The molecule has 2 aromatic rings. The molecule has 0 saturated carbocycles. The molecule has 21 heavy (non-hydrogen) atoms. The first kappa shape index (κ1) is 13.9. The van der Waals surface area contributed by atoms with Crippen LogP contribution in [0.25, 0.3) is 11.3 Å². The molecule has 5 nitrogen and oxygen atoms in total. The molecule has 1 fully saturated rings. The lowest BCUT2D eigenvalue weighted by molar-refractivity contribution is 0.120. The fourth-order valence-electron chi connectivity index (χ4n) is 2.37. The number of aliphatic hydroxyl groups is 1. The number of rotatable bonds is 3. The average Bonchev–Trinajstić information content (AvgIpc) is 2.55. The van der Waals surface area contributed by atoms with E-state index in [2.05, 4.69) is 0 Å². The summed E-state index contributed by atoms with van der Waals surface area (Å²) in [5.74, 6) is 1.08. The van der Waals surface area contributed by atoms with Gasteiger partial charge in [-0.2, -0.15) is 0 Å². The molecule has 1 aliphatic rings. The van der Waals surface area contributed by atoms with E-state index in [1.54, 1.807) is 0 Å². The van der Waals surface area contributed by atoms with Crippen molar-refractivity contribution in [3.05, 3.63) is 52.2 Å². The molecule has 5 heteroatoms. The molecule has 0 amide bonds. The van der Waals surface area contributed by atoms with E-state index in [1.165, 1.54) is 12.1 Å². The third-order valence-corrected chi connectivity index (χ3v) is 3.47. The van der Waals surface area contributed by atoms with Crippen molar-refractivity contribution in [2.75, 3.05) is 31.2 Å². The van der Waals surface area contributed by atoms with E-state index in [4.69, 9.17) is 9.15 Å². The molecule has 0 aliphatic carbocycles. The molecule has 0 radical (unpaired) electrons. The third kappa shape index (κ3) is 3.15. The van der Waals surface area contributed by atoms with Gasteiger partial charge in [0.05, 0.1) is 19.8 Å². The van der Waals surface area contributed by atoms with Crippen molar-refractivity contribution in [1.82, 2.24) is 0 Å². The summed E-state index contributed by atoms with van der Waals surface area (Å²) in [5.41, 5.74) is 1.48. The van der Waals surface area contributed by atoms with Crippen LogP contribution < -0.4 is 10.3 Å². The highest BCUT2D eigenvalue weighted by molar-refractivity contribution is 5.59. The number of hydrogen-bond donors (Lipinski definition) is 1. The quantitative estimate of drug-likeness (QED) is 0.929. The third-order valence-electron chi connectivity index (χ3n) is 3.47. The van der Waals surface area contributed by atoms with Gasteiger partial charge in [-0.15, -0.1) is 0 Å². The van der Waals surface area contributed by atoms with Gasteiger partial charge in [-0.05, 0) is 11.6 Å². The maximum absolute atomic E-state index is 11.9. The zero-order chi connectivity index (χ0) is 14.7. The topological polar surface area (TPSA) is 62.9 Å². The molecule has 1 aliphatic heterocycles. The fourth-order valence-corrected chi connectivity index (χ4v) is 2.37. The fraction of sp³-hybridized carbons (Fsp3) is 0.312. The summed E-state index contributed by atoms with van der Waals surface area (Å²) in [6.07, 6.45) is 0. The minimum absolute atomic E-state index is 0.0404. The molecule has 1 saturated heterocycles. The van der Waals surface area contributed by atoms with Crippen LogP contribution in [0.3, 0.4) is 0 Å². The number of aliphatic hydroxyl groups excluding tert-OH is 1. The summed E-state index contributed by atoms with van der Waals surface area (Å²) in [4.78, 5) is 13.9. The smallest absolute Gasteiger partial charge is 0.200 e. The number of benzene rings is 1. The Balaban J connectivity index is 1.98. The number of morpholine rings is 1. The summed E-state index contributed by atoms with van der Waals surface area (Å²) >= 11 is 0. The maximum atomic E-state index is 11.9. The number of ether oxygens (including phenoxy) is 1. The summed E-state index contributed by atoms with van der Waals surface area (Å²) < 4.78 is 11.2. The van der Waals surface area contributed by atoms with Gasteiger partial charge >= 0.3 is 0 Å². The summed E-state index contributed by atoms with van der Waals surface area (Å²) in [6, 6.07) is 10.3. The monoisotopic (exact) mass is 287 g/mol. The molecule has 0 bridgehead atoms. The summed E-state index contributed by atoms with van der Waals surface area (Å²) in [5, 5.41) is 9.21. The van der Waals surface area contributed by atoms with Crippen LogP contribution in [-0.4, -0.2) is 31.4 Å². The summed E-state index contributed by atoms with van der Waals surface area (Å²) in [7, 11) is 0. The average molecular weight is 287 g/mol. The molecule has 110 valence electrons. The Morgan fingerprint density at radius 2 is 1.95 bits per heavy atom. The molecule has 0 atom stereocenters. The standard InChI is InChI=1S/C16H17NO4/c18-11-12-2-1-3-13(8-12)15-9-14(19)10-16(21-15)17-4-6-20-7-5-17/h1-3,8-10,18H,4-7,11H2. The van der Waals surface area contributed by atoms with Gasteiger partial charge in [-0.1, -0.05) is 18.2 Å². The van der Waals surface area contributed by atoms with Crippen LogP contribution in [-0.2, 0) is 11.3 Å². The van der Waals surface area contributed by atoms with Crippen molar-refractivity contribution in [1.29, 1.82) is 0 Å². The van der Waals surface area contributed by atoms with Crippen LogP contribution in [0.5, 0.6) is 0 Å². The largest absolute Gasteiger partial charge is 0.440 e. The molecule has 0 spiro atoms. The predicted molar refractivity (Wildman–Crippen MR) is 79.4 cm³/mol. The second-order valence-electron chi connectivity index (χ2n) is 4.95. The second kappa shape index (κ2) is 6.11. The lowest BCUT2D eigenvalue weighted by atomic mass is 10.1. The lowest BCUT2D eigenvalue weighted by Gasteiger charge is -2.27. The van der Waals surface area contributed by atoms with Gasteiger partial charge < -0.3 is 19.2 Å². The van der Waals surface area contributed by atoms with Crippen molar-refractivity contribution in [3.63, 3.8) is 0 Å². The molecule has 1 N–H and O–H groups in total. The Hall–Kier alpha value is -2.11. The van der Waals surface area contributed by atoms with E-state index < -0.39 is 0 Å². The van der Waals surface area contributed by atoms with Gasteiger partial charge in [0, 0.05) is 30.8 Å². The zero-order valence-electron chi connectivity index (χ0n) is 11.6. The van der Waals surface area contributed by atoms with Gasteiger partial charge in [0.2, 0.25) is 0 Å². The Bertz CT molecular complexity index is 674. The van der Waals surface area contributed by atoms with Crippen molar-refractivity contribution in [2.24, 2.45) is 0 Å². The SMILES string of the molecule is O=c1cc(-c2cccc(CO)c2)oc(N2CCOCC2)c1. The van der Waals surface area contributed by atoms with Crippen molar-refractivity contribution < 1.29 is 14.3 Å². The van der Waals surface area contributed by atoms with E-state index in [-0.39, 0.29) is 12.0 Å². The van der Waals surface area contributed by atoms with Crippen LogP contribution in [0, 0.1) is 0 Å². The van der Waals surface area contributed by atoms with Crippen molar-refractivity contribution >= 4 is 5.88 Å². The number of nitrogens with zero attached hydrogens (tertiary/aromatic N) is 1. The molecule has 3 rings (SSSR count). The minimum atomic E-state index is -0.0906. The maximum Gasteiger partial charge on any atom is 0.200 e. The Labute approximate surface area is 122 Å².